The summed E-state index contributed by atoms with van der Waals surface area (Å²) >= 11 is 3.52. The zero-order valence-corrected chi connectivity index (χ0v) is 13.9. The summed E-state index contributed by atoms with van der Waals surface area (Å²) in [5.74, 6) is 0.166. The Labute approximate surface area is 129 Å². The zero-order chi connectivity index (χ0) is 14.5. The normalized spacial score (nSPS) is 16.1. The SMILES string of the molecule is CCCN(C(=O)c1ccc(C)c(Br)c1)C1CCNCC1. The molecule has 0 atom stereocenters. The van der Waals surface area contributed by atoms with Gasteiger partial charge in [-0.05, 0) is 57.0 Å². The second-order valence-electron chi connectivity index (χ2n) is 5.44. The van der Waals surface area contributed by atoms with E-state index in [1.165, 1.54) is 0 Å². The number of amides is 1. The van der Waals surface area contributed by atoms with Gasteiger partial charge in [0.1, 0.15) is 0 Å². The number of carbonyl (C=O) groups is 1. The van der Waals surface area contributed by atoms with Crippen molar-refractivity contribution in [3.63, 3.8) is 0 Å². The van der Waals surface area contributed by atoms with Crippen molar-refractivity contribution >= 4 is 21.8 Å². The summed E-state index contributed by atoms with van der Waals surface area (Å²) < 4.78 is 1.00. The summed E-state index contributed by atoms with van der Waals surface area (Å²) in [5, 5.41) is 3.36. The van der Waals surface area contributed by atoms with E-state index in [2.05, 4.69) is 33.1 Å². The Balaban J connectivity index is 2.18. The van der Waals surface area contributed by atoms with Crippen molar-refractivity contribution in [3.8, 4) is 0 Å². The summed E-state index contributed by atoms with van der Waals surface area (Å²) in [7, 11) is 0. The van der Waals surface area contributed by atoms with Crippen molar-refractivity contribution in [2.75, 3.05) is 19.6 Å². The Morgan fingerprint density at radius 1 is 1.40 bits per heavy atom. The molecule has 1 amide bonds. The molecule has 20 heavy (non-hydrogen) atoms. The molecule has 0 spiro atoms. The highest BCUT2D eigenvalue weighted by Crippen LogP contribution is 2.21. The minimum Gasteiger partial charge on any atom is -0.336 e. The standard InChI is InChI=1S/C16H23BrN2O/c1-3-10-19(14-6-8-18-9-7-14)16(20)13-5-4-12(2)15(17)11-13/h4-5,11,14,18H,3,6-10H2,1-2H3. The van der Waals surface area contributed by atoms with Crippen LogP contribution in [-0.4, -0.2) is 36.5 Å². The van der Waals surface area contributed by atoms with E-state index < -0.39 is 0 Å². The number of piperidine rings is 1. The lowest BCUT2D eigenvalue weighted by Crippen LogP contribution is -2.46. The van der Waals surface area contributed by atoms with Crippen LogP contribution in [0.5, 0.6) is 0 Å². The topological polar surface area (TPSA) is 32.3 Å². The van der Waals surface area contributed by atoms with Crippen molar-refractivity contribution in [1.82, 2.24) is 10.2 Å². The van der Waals surface area contributed by atoms with Crippen molar-refractivity contribution in [3.05, 3.63) is 33.8 Å². The second-order valence-corrected chi connectivity index (χ2v) is 6.30. The van der Waals surface area contributed by atoms with E-state index in [4.69, 9.17) is 0 Å². The fraction of sp³-hybridized carbons (Fsp3) is 0.562. The first-order valence-corrected chi connectivity index (χ1v) is 8.20. The van der Waals surface area contributed by atoms with Gasteiger partial charge in [0, 0.05) is 22.6 Å². The number of hydrogen-bond acceptors (Lipinski definition) is 2. The van der Waals surface area contributed by atoms with Crippen LogP contribution in [-0.2, 0) is 0 Å². The maximum Gasteiger partial charge on any atom is 0.254 e. The molecule has 2 rings (SSSR count). The lowest BCUT2D eigenvalue weighted by Gasteiger charge is -2.34. The van der Waals surface area contributed by atoms with E-state index in [1.54, 1.807) is 0 Å². The van der Waals surface area contributed by atoms with Gasteiger partial charge in [-0.15, -0.1) is 0 Å². The summed E-state index contributed by atoms with van der Waals surface area (Å²) in [4.78, 5) is 14.8. The summed E-state index contributed by atoms with van der Waals surface area (Å²) in [6.07, 6.45) is 3.11. The first-order chi connectivity index (χ1) is 9.63. The molecule has 4 heteroatoms. The van der Waals surface area contributed by atoms with Gasteiger partial charge in [0.15, 0.2) is 0 Å². The molecule has 1 aromatic rings. The van der Waals surface area contributed by atoms with Gasteiger partial charge in [-0.3, -0.25) is 4.79 Å². The van der Waals surface area contributed by atoms with Crippen LogP contribution in [0.25, 0.3) is 0 Å². The van der Waals surface area contributed by atoms with Gasteiger partial charge in [-0.1, -0.05) is 28.9 Å². The molecule has 1 heterocycles. The maximum atomic E-state index is 12.8. The van der Waals surface area contributed by atoms with Gasteiger partial charge < -0.3 is 10.2 Å². The van der Waals surface area contributed by atoms with Crippen LogP contribution in [0.1, 0.15) is 42.1 Å². The number of halogens is 1. The molecule has 1 aliphatic heterocycles. The zero-order valence-electron chi connectivity index (χ0n) is 12.3. The predicted octanol–water partition coefficient (Wildman–Crippen LogP) is 3.36. The average Bonchev–Trinajstić information content (AvgIpc) is 2.48. The van der Waals surface area contributed by atoms with Gasteiger partial charge in [0.05, 0.1) is 0 Å². The third kappa shape index (κ3) is 3.61. The number of hydrogen-bond donors (Lipinski definition) is 1. The molecule has 1 aromatic carbocycles. The molecular formula is C16H23BrN2O. The molecular weight excluding hydrogens is 316 g/mol. The molecule has 1 fully saturated rings. The molecule has 3 nitrogen and oxygen atoms in total. The van der Waals surface area contributed by atoms with Crippen LogP contribution in [0.15, 0.2) is 22.7 Å². The van der Waals surface area contributed by atoms with E-state index in [1.807, 2.05) is 25.1 Å². The Morgan fingerprint density at radius 2 is 2.10 bits per heavy atom. The molecule has 0 aromatic heterocycles. The highest BCUT2D eigenvalue weighted by molar-refractivity contribution is 9.10. The molecule has 0 unspecified atom stereocenters. The largest absolute Gasteiger partial charge is 0.336 e. The number of nitrogens with one attached hydrogen (secondary N) is 1. The average molecular weight is 339 g/mol. The van der Waals surface area contributed by atoms with E-state index >= 15 is 0 Å². The molecule has 1 saturated heterocycles. The number of rotatable bonds is 4. The molecule has 0 bridgehead atoms. The number of benzene rings is 1. The van der Waals surface area contributed by atoms with E-state index in [-0.39, 0.29) is 5.91 Å². The summed E-state index contributed by atoms with van der Waals surface area (Å²) in [5.41, 5.74) is 1.94. The van der Waals surface area contributed by atoms with Crippen LogP contribution < -0.4 is 5.32 Å². The molecule has 1 aliphatic rings. The third-order valence-corrected chi connectivity index (χ3v) is 4.75. The summed E-state index contributed by atoms with van der Waals surface area (Å²) in [6.45, 7) is 7.03. The first kappa shape index (κ1) is 15.5. The van der Waals surface area contributed by atoms with Crippen molar-refractivity contribution in [2.24, 2.45) is 0 Å². The predicted molar refractivity (Wildman–Crippen MR) is 86.1 cm³/mol. The molecule has 110 valence electrons. The fourth-order valence-corrected chi connectivity index (χ4v) is 3.08. The van der Waals surface area contributed by atoms with Gasteiger partial charge >= 0.3 is 0 Å². The smallest absolute Gasteiger partial charge is 0.254 e. The van der Waals surface area contributed by atoms with Gasteiger partial charge in [-0.25, -0.2) is 0 Å². The van der Waals surface area contributed by atoms with Gasteiger partial charge in [0.25, 0.3) is 5.91 Å². The molecule has 0 radical (unpaired) electrons. The molecule has 1 N–H and O–H groups in total. The van der Waals surface area contributed by atoms with Crippen LogP contribution in [0.4, 0.5) is 0 Å². The van der Waals surface area contributed by atoms with Gasteiger partial charge in [-0.2, -0.15) is 0 Å². The van der Waals surface area contributed by atoms with Crippen molar-refractivity contribution in [1.29, 1.82) is 0 Å². The third-order valence-electron chi connectivity index (χ3n) is 3.89. The van der Waals surface area contributed by atoms with E-state index in [9.17, 15) is 4.79 Å². The lowest BCUT2D eigenvalue weighted by atomic mass is 10.0. The quantitative estimate of drug-likeness (QED) is 0.912. The van der Waals surface area contributed by atoms with E-state index in [0.29, 0.717) is 6.04 Å². The fourth-order valence-electron chi connectivity index (χ4n) is 2.70. The highest BCUT2D eigenvalue weighted by Gasteiger charge is 2.25. The monoisotopic (exact) mass is 338 g/mol. The number of carbonyl (C=O) groups excluding carboxylic acids is 1. The van der Waals surface area contributed by atoms with E-state index in [0.717, 1.165) is 54.5 Å². The first-order valence-electron chi connectivity index (χ1n) is 7.41. The second kappa shape index (κ2) is 7.23. The van der Waals surface area contributed by atoms with Crippen LogP contribution in [0.2, 0.25) is 0 Å². The molecule has 0 saturated carbocycles. The Hall–Kier alpha value is -0.870. The van der Waals surface area contributed by atoms with Gasteiger partial charge in [0.2, 0.25) is 0 Å². The minimum atomic E-state index is 0.166. The van der Waals surface area contributed by atoms with Crippen LogP contribution >= 0.6 is 15.9 Å². The summed E-state index contributed by atoms with van der Waals surface area (Å²) in [6, 6.07) is 6.26. The van der Waals surface area contributed by atoms with Crippen molar-refractivity contribution < 1.29 is 4.79 Å². The maximum absolute atomic E-state index is 12.8. The highest BCUT2D eigenvalue weighted by atomic mass is 79.9. The number of aryl methyl sites for hydroxylation is 1. The van der Waals surface area contributed by atoms with Crippen LogP contribution in [0, 0.1) is 6.92 Å². The number of nitrogens with zero attached hydrogens (tertiary/aromatic N) is 1. The molecule has 0 aliphatic carbocycles. The lowest BCUT2D eigenvalue weighted by molar-refractivity contribution is 0.0642. The Bertz CT molecular complexity index is 470. The minimum absolute atomic E-state index is 0.166. The Morgan fingerprint density at radius 3 is 2.70 bits per heavy atom. The van der Waals surface area contributed by atoms with Crippen LogP contribution in [0.3, 0.4) is 0 Å². The van der Waals surface area contributed by atoms with Crippen molar-refractivity contribution in [2.45, 2.75) is 39.2 Å². The Kier molecular flexibility index (Phi) is 5.61.